The first-order valence-corrected chi connectivity index (χ1v) is 7.26. The number of rotatable bonds is 3. The molecule has 110 valence electrons. The second-order valence-corrected chi connectivity index (χ2v) is 5.57. The summed E-state index contributed by atoms with van der Waals surface area (Å²) in [5.41, 5.74) is 1.68. The number of fused-ring (bicyclic) bond motifs is 1. The van der Waals surface area contributed by atoms with Gasteiger partial charge in [-0.15, -0.1) is 0 Å². The summed E-state index contributed by atoms with van der Waals surface area (Å²) in [5, 5.41) is 13.1. The van der Waals surface area contributed by atoms with Crippen molar-refractivity contribution in [2.75, 3.05) is 5.32 Å². The highest BCUT2D eigenvalue weighted by Gasteiger charge is 2.35. The summed E-state index contributed by atoms with van der Waals surface area (Å²) in [7, 11) is 0. The van der Waals surface area contributed by atoms with E-state index < -0.39 is 17.8 Å². The number of carbonyl (C=O) groups excluding carboxylic acids is 1. The lowest BCUT2D eigenvalue weighted by Crippen LogP contribution is -2.36. The molecule has 0 spiro atoms. The number of anilines is 1. The number of benzene rings is 1. The predicted octanol–water partition coefficient (Wildman–Crippen LogP) is 3.00. The van der Waals surface area contributed by atoms with E-state index in [1.807, 2.05) is 30.5 Å². The van der Waals surface area contributed by atoms with Gasteiger partial charge < -0.3 is 15.4 Å². The average Bonchev–Trinajstić information content (AvgIpc) is 2.96. The Morgan fingerprint density at radius 1 is 1.14 bits per heavy atom. The summed E-state index contributed by atoms with van der Waals surface area (Å²) >= 11 is 0. The maximum absolute atomic E-state index is 12.5. The Balaban J connectivity index is 1.82. The Morgan fingerprint density at radius 3 is 2.67 bits per heavy atom. The van der Waals surface area contributed by atoms with Crippen LogP contribution in [0, 0.1) is 11.8 Å². The summed E-state index contributed by atoms with van der Waals surface area (Å²) < 4.78 is 0. The third-order valence-corrected chi connectivity index (χ3v) is 4.27. The van der Waals surface area contributed by atoms with Crippen molar-refractivity contribution < 1.29 is 14.7 Å². The van der Waals surface area contributed by atoms with Gasteiger partial charge in [-0.3, -0.25) is 9.59 Å². The molecule has 2 unspecified atom stereocenters. The number of carbonyl (C=O) groups is 2. The van der Waals surface area contributed by atoms with Crippen LogP contribution in [0.3, 0.4) is 0 Å². The number of aromatic nitrogens is 1. The Hall–Kier alpha value is -2.30. The van der Waals surface area contributed by atoms with Crippen LogP contribution in [-0.4, -0.2) is 22.0 Å². The maximum Gasteiger partial charge on any atom is 0.307 e. The fourth-order valence-electron chi connectivity index (χ4n) is 3.16. The maximum atomic E-state index is 12.5. The van der Waals surface area contributed by atoms with Gasteiger partial charge in [0.1, 0.15) is 0 Å². The van der Waals surface area contributed by atoms with Gasteiger partial charge in [-0.2, -0.15) is 0 Å². The minimum absolute atomic E-state index is 0.184. The molecule has 0 aliphatic heterocycles. The topological polar surface area (TPSA) is 82.2 Å². The lowest BCUT2D eigenvalue weighted by atomic mass is 9.78. The van der Waals surface area contributed by atoms with Crippen LogP contribution >= 0.6 is 0 Å². The summed E-state index contributed by atoms with van der Waals surface area (Å²) in [6.45, 7) is 0. The molecule has 3 N–H and O–H groups in total. The largest absolute Gasteiger partial charge is 0.481 e. The van der Waals surface area contributed by atoms with Gasteiger partial charge in [0.2, 0.25) is 5.91 Å². The van der Waals surface area contributed by atoms with Gasteiger partial charge in [-0.1, -0.05) is 18.9 Å². The highest BCUT2D eigenvalue weighted by molar-refractivity contribution is 6.03. The van der Waals surface area contributed by atoms with Crippen molar-refractivity contribution in [2.45, 2.75) is 25.7 Å². The van der Waals surface area contributed by atoms with Crippen LogP contribution in [0.1, 0.15) is 25.7 Å². The quantitative estimate of drug-likeness (QED) is 0.811. The lowest BCUT2D eigenvalue weighted by molar-refractivity contribution is -0.147. The third kappa shape index (κ3) is 2.63. The molecule has 5 nitrogen and oxygen atoms in total. The molecule has 2 aromatic rings. The highest BCUT2D eigenvalue weighted by atomic mass is 16.4. The number of hydrogen-bond donors (Lipinski definition) is 3. The molecule has 3 rings (SSSR count). The molecule has 1 aliphatic carbocycles. The number of carboxylic acid groups (broad SMARTS) is 1. The summed E-state index contributed by atoms with van der Waals surface area (Å²) in [5.74, 6) is -2.06. The normalized spacial score (nSPS) is 22.1. The van der Waals surface area contributed by atoms with Crippen LogP contribution in [0.25, 0.3) is 10.9 Å². The van der Waals surface area contributed by atoms with E-state index in [4.69, 9.17) is 0 Å². The summed E-state index contributed by atoms with van der Waals surface area (Å²) in [4.78, 5) is 26.9. The van der Waals surface area contributed by atoms with Gasteiger partial charge in [0, 0.05) is 17.1 Å². The van der Waals surface area contributed by atoms with Crippen molar-refractivity contribution in [3.8, 4) is 0 Å². The van der Waals surface area contributed by atoms with Crippen molar-refractivity contribution in [2.24, 2.45) is 11.8 Å². The zero-order chi connectivity index (χ0) is 14.8. The van der Waals surface area contributed by atoms with Gasteiger partial charge in [0.15, 0.2) is 0 Å². The van der Waals surface area contributed by atoms with E-state index in [-0.39, 0.29) is 5.91 Å². The van der Waals surface area contributed by atoms with Gasteiger partial charge >= 0.3 is 5.97 Å². The van der Waals surface area contributed by atoms with Crippen LogP contribution < -0.4 is 5.32 Å². The molecule has 1 aromatic carbocycles. The summed E-state index contributed by atoms with van der Waals surface area (Å²) in [6.07, 6.45) is 4.85. The predicted molar refractivity (Wildman–Crippen MR) is 80.0 cm³/mol. The summed E-state index contributed by atoms with van der Waals surface area (Å²) in [6, 6.07) is 7.54. The van der Waals surface area contributed by atoms with Crippen molar-refractivity contribution in [3.63, 3.8) is 0 Å². The van der Waals surface area contributed by atoms with E-state index in [0.717, 1.165) is 29.4 Å². The minimum Gasteiger partial charge on any atom is -0.481 e. The third-order valence-electron chi connectivity index (χ3n) is 4.27. The molecule has 0 saturated heterocycles. The van der Waals surface area contributed by atoms with Crippen LogP contribution in [0.15, 0.2) is 30.5 Å². The van der Waals surface area contributed by atoms with Crippen LogP contribution in [0.4, 0.5) is 5.69 Å². The smallest absolute Gasteiger partial charge is 0.307 e. The van der Waals surface area contributed by atoms with E-state index in [1.165, 1.54) is 0 Å². The van der Waals surface area contributed by atoms with Crippen molar-refractivity contribution >= 4 is 28.5 Å². The molecule has 5 heteroatoms. The van der Waals surface area contributed by atoms with Gasteiger partial charge in [-0.05, 0) is 31.0 Å². The molecule has 21 heavy (non-hydrogen) atoms. The lowest BCUT2D eigenvalue weighted by Gasteiger charge is -2.27. The van der Waals surface area contributed by atoms with E-state index in [9.17, 15) is 14.7 Å². The van der Waals surface area contributed by atoms with Gasteiger partial charge in [0.05, 0.1) is 17.5 Å². The Morgan fingerprint density at radius 2 is 1.90 bits per heavy atom. The molecule has 1 aromatic heterocycles. The van der Waals surface area contributed by atoms with Crippen LogP contribution in [-0.2, 0) is 9.59 Å². The number of aliphatic carboxylic acids is 1. The van der Waals surface area contributed by atoms with Gasteiger partial charge in [-0.25, -0.2) is 0 Å². The fraction of sp³-hybridized carbons (Fsp3) is 0.375. The molecular weight excluding hydrogens is 268 g/mol. The molecule has 1 heterocycles. The molecule has 2 atom stereocenters. The van der Waals surface area contributed by atoms with Crippen molar-refractivity contribution in [1.82, 2.24) is 4.98 Å². The zero-order valence-electron chi connectivity index (χ0n) is 11.6. The second kappa shape index (κ2) is 5.60. The van der Waals surface area contributed by atoms with E-state index in [1.54, 1.807) is 0 Å². The average molecular weight is 286 g/mol. The zero-order valence-corrected chi connectivity index (χ0v) is 11.6. The fourth-order valence-corrected chi connectivity index (χ4v) is 3.16. The number of H-pyrrole nitrogens is 1. The molecule has 1 aliphatic rings. The number of nitrogens with one attached hydrogen (secondary N) is 2. The Kier molecular flexibility index (Phi) is 3.64. The molecule has 0 radical (unpaired) electrons. The first kappa shape index (κ1) is 13.7. The van der Waals surface area contributed by atoms with Crippen molar-refractivity contribution in [3.05, 3.63) is 30.5 Å². The molecule has 1 fully saturated rings. The molecule has 1 saturated carbocycles. The standard InChI is InChI=1S/C16H18N2O3/c19-15(10-4-1-2-5-11(10)16(20)21)18-14-7-3-6-13-12(14)8-9-17-13/h3,6-11,17H,1-2,4-5H2,(H,18,19)(H,20,21). The Bertz CT molecular complexity index is 677. The van der Waals surface area contributed by atoms with Crippen molar-refractivity contribution in [1.29, 1.82) is 0 Å². The first-order valence-electron chi connectivity index (χ1n) is 7.26. The van der Waals surface area contributed by atoms with Crippen LogP contribution in [0.2, 0.25) is 0 Å². The monoisotopic (exact) mass is 286 g/mol. The number of aromatic amines is 1. The van der Waals surface area contributed by atoms with E-state index in [2.05, 4.69) is 10.3 Å². The Labute approximate surface area is 122 Å². The number of carboxylic acids is 1. The van der Waals surface area contributed by atoms with E-state index >= 15 is 0 Å². The minimum atomic E-state index is -0.866. The molecule has 0 bridgehead atoms. The molecular formula is C16H18N2O3. The highest BCUT2D eigenvalue weighted by Crippen LogP contribution is 2.32. The van der Waals surface area contributed by atoms with Gasteiger partial charge in [0.25, 0.3) is 0 Å². The number of hydrogen-bond acceptors (Lipinski definition) is 2. The van der Waals surface area contributed by atoms with E-state index in [0.29, 0.717) is 12.8 Å². The SMILES string of the molecule is O=C(O)C1CCCCC1C(=O)Nc1cccc2[nH]ccc12. The van der Waals surface area contributed by atoms with Crippen LogP contribution in [0.5, 0.6) is 0 Å². The first-order chi connectivity index (χ1) is 10.2. The second-order valence-electron chi connectivity index (χ2n) is 5.57. The number of amides is 1. The molecule has 1 amide bonds.